The van der Waals surface area contributed by atoms with Crippen LogP contribution in [-0.2, 0) is 99.7 Å². The molecule has 0 amide bonds. The van der Waals surface area contributed by atoms with Gasteiger partial charge in [-0.2, -0.15) is 0 Å². The van der Waals surface area contributed by atoms with Gasteiger partial charge in [-0.25, -0.2) is 0 Å². The van der Waals surface area contributed by atoms with Gasteiger partial charge in [0.25, 0.3) is 0 Å². The monoisotopic (exact) mass is 1400 g/mol. The molecule has 0 N–H and O–H groups in total. The number of aryl methyl sites for hydroxylation is 19. The number of rotatable bonds is 23. The van der Waals surface area contributed by atoms with Crippen LogP contribution in [0.5, 0.6) is 0 Å². The van der Waals surface area contributed by atoms with Crippen LogP contribution in [-0.4, -0.2) is 0 Å². The molecule has 0 saturated carbocycles. The first-order chi connectivity index (χ1) is 52.8. The summed E-state index contributed by atoms with van der Waals surface area (Å²) in [7, 11) is 0. The van der Waals surface area contributed by atoms with Gasteiger partial charge < -0.3 is 0 Å². The summed E-state index contributed by atoms with van der Waals surface area (Å²) >= 11 is 0. The summed E-state index contributed by atoms with van der Waals surface area (Å²) in [6.45, 7) is 21.2. The highest BCUT2D eigenvalue weighted by molar-refractivity contribution is 5.88. The Balaban J connectivity index is 0.000000119. The summed E-state index contributed by atoms with van der Waals surface area (Å²) in [4.78, 5) is 0. The first kappa shape index (κ1) is 71.1. The molecule has 108 heavy (non-hydrogen) atoms. The van der Waals surface area contributed by atoms with E-state index in [1.54, 1.807) is 55.6 Å². The maximum Gasteiger partial charge on any atom is 0.0713 e. The normalized spacial score (nSPS) is 14.9. The molecule has 0 heterocycles. The number of fused-ring (bicyclic) bond motifs is 13. The highest BCUT2D eigenvalue weighted by Gasteiger charge is 2.48. The van der Waals surface area contributed by atoms with Gasteiger partial charge in [0.05, 0.1) is 5.41 Å². The van der Waals surface area contributed by atoms with Crippen LogP contribution >= 0.6 is 0 Å². The van der Waals surface area contributed by atoms with Gasteiger partial charge in [-0.15, -0.1) is 13.2 Å². The minimum atomic E-state index is -0.337. The van der Waals surface area contributed by atoms with Gasteiger partial charge in [0.2, 0.25) is 0 Å². The Hall–Kier alpha value is -9.88. The summed E-state index contributed by atoms with van der Waals surface area (Å²) in [5, 5.41) is 0. The molecular formula is C108H108. The van der Waals surface area contributed by atoms with Crippen LogP contribution in [0.25, 0.3) is 33.4 Å². The fourth-order valence-corrected chi connectivity index (χ4v) is 20.2. The van der Waals surface area contributed by atoms with Gasteiger partial charge in [0.15, 0.2) is 0 Å². The Morgan fingerprint density at radius 2 is 0.556 bits per heavy atom. The topological polar surface area (TPSA) is 0 Å². The smallest absolute Gasteiger partial charge is 0.0713 e. The van der Waals surface area contributed by atoms with E-state index >= 15 is 0 Å². The summed E-state index contributed by atoms with van der Waals surface area (Å²) in [5.41, 5.74) is 49.5. The molecule has 0 radical (unpaired) electrons. The van der Waals surface area contributed by atoms with Crippen LogP contribution in [0.1, 0.15) is 220 Å². The number of hydrogen-bond acceptors (Lipinski definition) is 0. The van der Waals surface area contributed by atoms with E-state index in [2.05, 4.69) is 285 Å². The van der Waals surface area contributed by atoms with Crippen LogP contribution in [0.2, 0.25) is 0 Å². The summed E-state index contributed by atoms with van der Waals surface area (Å²) < 4.78 is 0. The van der Waals surface area contributed by atoms with Gasteiger partial charge in [-0.1, -0.05) is 289 Å². The average molecular weight is 1410 g/mol. The van der Waals surface area contributed by atoms with Crippen molar-refractivity contribution in [1.82, 2.24) is 0 Å². The molecule has 12 aromatic carbocycles. The Bertz CT molecular complexity index is 5150. The zero-order valence-electron chi connectivity index (χ0n) is 65.3. The number of unbranched alkanes of at least 4 members (excludes halogenated alkanes) is 2. The molecular weight excluding hydrogens is 1300 g/mol. The maximum atomic E-state index is 3.89. The predicted molar refractivity (Wildman–Crippen MR) is 457 cm³/mol. The van der Waals surface area contributed by atoms with Crippen molar-refractivity contribution < 1.29 is 0 Å². The van der Waals surface area contributed by atoms with Gasteiger partial charge in [0.1, 0.15) is 0 Å². The lowest BCUT2D eigenvalue weighted by atomic mass is 9.67. The van der Waals surface area contributed by atoms with E-state index in [0.717, 1.165) is 25.7 Å². The number of allylic oxidation sites excluding steroid dienone is 2. The zero-order chi connectivity index (χ0) is 73.7. The van der Waals surface area contributed by atoms with E-state index in [-0.39, 0.29) is 16.2 Å². The fourth-order valence-electron chi connectivity index (χ4n) is 20.2. The maximum absolute atomic E-state index is 3.89. The first-order valence-electron chi connectivity index (χ1n) is 41.3. The van der Waals surface area contributed by atoms with Gasteiger partial charge in [0, 0.05) is 10.8 Å². The minimum Gasteiger partial charge on any atom is -0.103 e. The standard InChI is InChI=1S/C37H38.C36H36.C35H34/c1-25-7-17-33-34-18-8-26(2)22-36(34)37(35(33)21-25,19-3-5-27-9-11-29-13-15-31(29)23-27)20-4-6-28-10-12-30-14-16-32(30)24-28;1-24-7-17-32-33-18-8-25(2)21-35(33)36(34(32)20-24,31-16-15-28-12-14-30(28)23-31)19-5-3-4-6-26-9-10-27-11-13-29(27)22-26;1-5-7-9-27-13-17-29(18-14-27)35(30-19-15-28(16-20-30)10-8-6-2)33-23-25(3)11-21-31(33)32-22-12-26(4)24-34(32)35/h7-12,17-18,21-24H,3-6,13-16,19-20H2,1-2H3;7-10,15-18,20-23H,3-6,11-14,19H2,1-2H3;5-6,11-24H,1-2,7-10H2,3-4H3. The van der Waals surface area contributed by atoms with Crippen LogP contribution in [0, 0.1) is 41.5 Å². The lowest BCUT2D eigenvalue weighted by Crippen LogP contribution is -2.29. The van der Waals surface area contributed by atoms with Crippen molar-refractivity contribution in [3.63, 3.8) is 0 Å². The molecule has 0 bridgehead atoms. The molecule has 0 aliphatic heterocycles. The number of hydrogen-bond donors (Lipinski definition) is 0. The van der Waals surface area contributed by atoms with Crippen molar-refractivity contribution in [2.45, 2.75) is 205 Å². The number of benzene rings is 12. The van der Waals surface area contributed by atoms with Crippen LogP contribution < -0.4 is 0 Å². The van der Waals surface area contributed by atoms with Crippen molar-refractivity contribution in [3.8, 4) is 33.4 Å². The third-order valence-electron chi connectivity index (χ3n) is 26.5. The van der Waals surface area contributed by atoms with Gasteiger partial charge >= 0.3 is 0 Å². The lowest BCUT2D eigenvalue weighted by molar-refractivity contribution is 0.418. The molecule has 0 heteroatoms. The minimum absolute atomic E-state index is 0.0387. The second kappa shape index (κ2) is 29.9. The van der Waals surface area contributed by atoms with E-state index < -0.39 is 0 Å². The zero-order valence-corrected chi connectivity index (χ0v) is 65.3. The molecule has 12 aromatic rings. The van der Waals surface area contributed by atoms with E-state index in [4.69, 9.17) is 0 Å². The summed E-state index contributed by atoms with van der Waals surface area (Å²) in [5.74, 6) is 0. The summed E-state index contributed by atoms with van der Waals surface area (Å²) in [6.07, 6.45) is 31.7. The largest absolute Gasteiger partial charge is 0.103 e. The van der Waals surface area contributed by atoms with Crippen molar-refractivity contribution in [1.29, 1.82) is 0 Å². The highest BCUT2D eigenvalue weighted by Crippen LogP contribution is 2.59. The molecule has 7 aliphatic carbocycles. The van der Waals surface area contributed by atoms with Crippen molar-refractivity contribution in [2.24, 2.45) is 0 Å². The third-order valence-corrected chi connectivity index (χ3v) is 26.5. The molecule has 0 fully saturated rings. The predicted octanol–water partition coefficient (Wildman–Crippen LogP) is 26.3. The van der Waals surface area contributed by atoms with E-state index in [9.17, 15) is 0 Å². The molecule has 0 atom stereocenters. The molecule has 540 valence electrons. The molecule has 0 nitrogen and oxygen atoms in total. The second-order valence-electron chi connectivity index (χ2n) is 33.6. The molecule has 0 saturated heterocycles. The van der Waals surface area contributed by atoms with Gasteiger partial charge in [-0.3, -0.25) is 0 Å². The highest BCUT2D eigenvalue weighted by atomic mass is 14.5. The lowest BCUT2D eigenvalue weighted by Gasteiger charge is -2.35. The molecule has 0 aromatic heterocycles. The van der Waals surface area contributed by atoms with E-state index in [1.807, 2.05) is 12.2 Å². The van der Waals surface area contributed by atoms with Crippen molar-refractivity contribution in [3.05, 3.63) is 412 Å². The van der Waals surface area contributed by atoms with E-state index in [1.165, 1.54) is 256 Å². The molecule has 19 rings (SSSR count). The summed E-state index contributed by atoms with van der Waals surface area (Å²) in [6, 6.07) is 90.5. The Morgan fingerprint density at radius 1 is 0.250 bits per heavy atom. The second-order valence-corrected chi connectivity index (χ2v) is 33.6. The Morgan fingerprint density at radius 3 is 0.907 bits per heavy atom. The SMILES string of the molecule is C=CCCc1ccc(C2(c3ccc(CCC=C)cc3)c3cc(C)ccc3-c3ccc(C)cc32)cc1.Cc1ccc2c(c1)C(CCCCCc1ccc3c(c1)CC3)(c1ccc3c(c1)CC3)c1cc(C)ccc1-2.Cc1ccc2c(c1)C(CCCc1ccc3c(c1)CC3)(CCCc1ccc3c(c1)CC3)c1cc(C)ccc1-2. The first-order valence-corrected chi connectivity index (χ1v) is 41.3. The van der Waals surface area contributed by atoms with E-state index in [0.29, 0.717) is 0 Å². The third kappa shape index (κ3) is 13.2. The fraction of sp³-hybridized carbons (Fsp3) is 0.296. The van der Waals surface area contributed by atoms with Gasteiger partial charge in [-0.05, 0) is 332 Å². The molecule has 0 unspecified atom stereocenters. The average Bonchev–Trinajstić information content (AvgIpc) is 1.44. The molecule has 7 aliphatic rings. The quantitative estimate of drug-likeness (QED) is 0.0442. The Labute approximate surface area is 646 Å². The van der Waals surface area contributed by atoms with Crippen LogP contribution in [0.15, 0.2) is 256 Å². The van der Waals surface area contributed by atoms with Crippen molar-refractivity contribution in [2.75, 3.05) is 0 Å². The Kier molecular flexibility index (Phi) is 19.7. The van der Waals surface area contributed by atoms with Crippen molar-refractivity contribution >= 4 is 0 Å². The van der Waals surface area contributed by atoms with Crippen LogP contribution in [0.4, 0.5) is 0 Å². The molecule has 0 spiro atoms. The van der Waals surface area contributed by atoms with Crippen LogP contribution in [0.3, 0.4) is 0 Å².